The van der Waals surface area contributed by atoms with Gasteiger partial charge >= 0.3 is 11.8 Å². The maximum Gasteiger partial charge on any atom is 0.313 e. The summed E-state index contributed by atoms with van der Waals surface area (Å²) in [5.41, 5.74) is 1.38. The minimum atomic E-state index is -0.939. The van der Waals surface area contributed by atoms with Crippen LogP contribution in [0.25, 0.3) is 10.9 Å². The lowest BCUT2D eigenvalue weighted by atomic mass is 9.99. The molecule has 1 aromatic heterocycles. The first kappa shape index (κ1) is 31.3. The second-order valence-electron chi connectivity index (χ2n) is 10.2. The Balaban J connectivity index is 1.21. The van der Waals surface area contributed by atoms with Crippen LogP contribution in [0.15, 0.2) is 60.8 Å². The number of ether oxygens (including phenoxy) is 3. The number of hydrogen-bond donors (Lipinski definition) is 3. The van der Waals surface area contributed by atoms with Crippen molar-refractivity contribution in [1.29, 1.82) is 0 Å². The molecule has 3 aromatic carbocycles. The molecular weight excluding hydrogens is 610 g/mol. The van der Waals surface area contributed by atoms with Crippen LogP contribution in [0.1, 0.15) is 18.4 Å². The van der Waals surface area contributed by atoms with Gasteiger partial charge in [-0.2, -0.15) is 0 Å². The van der Waals surface area contributed by atoms with Crippen molar-refractivity contribution in [3.63, 3.8) is 0 Å². The number of carbonyl (C=O) groups excluding carboxylic acids is 2. The molecule has 0 unspecified atom stereocenters. The van der Waals surface area contributed by atoms with Gasteiger partial charge in [-0.05, 0) is 86.3 Å². The third-order valence-electron chi connectivity index (χ3n) is 7.24. The van der Waals surface area contributed by atoms with Gasteiger partial charge in [0.15, 0.2) is 23.1 Å². The summed E-state index contributed by atoms with van der Waals surface area (Å²) in [5.74, 6) is -0.761. The Hall–Kier alpha value is -4.12. The van der Waals surface area contributed by atoms with Crippen LogP contribution in [0, 0.1) is 11.7 Å². The predicted molar refractivity (Wildman–Crippen MR) is 168 cm³/mol. The summed E-state index contributed by atoms with van der Waals surface area (Å²) in [4.78, 5) is 29.1. The van der Waals surface area contributed by atoms with Gasteiger partial charge in [-0.25, -0.2) is 4.39 Å². The Morgan fingerprint density at radius 2 is 1.80 bits per heavy atom. The van der Waals surface area contributed by atoms with Crippen molar-refractivity contribution in [3.8, 4) is 23.0 Å². The molecule has 4 aromatic rings. The Morgan fingerprint density at radius 1 is 1.00 bits per heavy atom. The van der Waals surface area contributed by atoms with Crippen molar-refractivity contribution in [3.05, 3.63) is 82.2 Å². The van der Waals surface area contributed by atoms with Crippen molar-refractivity contribution in [2.45, 2.75) is 19.3 Å². The number of piperidine rings is 1. The highest BCUT2D eigenvalue weighted by Crippen LogP contribution is 2.40. The van der Waals surface area contributed by atoms with Crippen LogP contribution in [0.2, 0.25) is 10.0 Å². The van der Waals surface area contributed by atoms with Gasteiger partial charge in [0.1, 0.15) is 11.3 Å². The molecule has 1 saturated heterocycles. The van der Waals surface area contributed by atoms with Crippen LogP contribution in [-0.2, 0) is 16.0 Å². The number of aromatic nitrogens is 1. The number of methoxy groups -OCH3 is 1. The fraction of sp³-hybridized carbons (Fsp3) is 0.281. The Bertz CT molecular complexity index is 1670. The molecule has 0 bridgehead atoms. The number of pyridine rings is 1. The first-order valence-electron chi connectivity index (χ1n) is 14.1. The fourth-order valence-corrected chi connectivity index (χ4v) is 5.39. The zero-order valence-corrected chi connectivity index (χ0v) is 25.4. The Kier molecular flexibility index (Phi) is 10.4. The summed E-state index contributed by atoms with van der Waals surface area (Å²) in [6, 6.07) is 14.1. The number of hydrogen-bond acceptors (Lipinski definition) is 7. The maximum atomic E-state index is 15.1. The molecule has 230 valence electrons. The number of benzene rings is 3. The molecule has 5 rings (SSSR count). The van der Waals surface area contributed by atoms with Crippen LogP contribution in [0.3, 0.4) is 0 Å². The SMILES string of the molecule is COc1c(OCC2CCNCC2)ccc2c(Oc3ccc(NC(=O)C(=O)NCCc4ccc(Cl)cc4Cl)cc3F)ccnc12. The Morgan fingerprint density at radius 3 is 2.55 bits per heavy atom. The molecule has 3 N–H and O–H groups in total. The second-order valence-corrected chi connectivity index (χ2v) is 11.1. The third-order valence-corrected chi connectivity index (χ3v) is 7.83. The van der Waals surface area contributed by atoms with Gasteiger partial charge in [-0.3, -0.25) is 14.6 Å². The van der Waals surface area contributed by atoms with Crippen molar-refractivity contribution in [1.82, 2.24) is 15.6 Å². The van der Waals surface area contributed by atoms with Crippen molar-refractivity contribution in [2.75, 3.05) is 38.7 Å². The van der Waals surface area contributed by atoms with E-state index in [2.05, 4.69) is 20.9 Å². The molecule has 2 amide bonds. The van der Waals surface area contributed by atoms with Crippen LogP contribution in [0.5, 0.6) is 23.0 Å². The standard InChI is InChI=1S/C32H31Cl2FN4O5/c1-42-30-28(43-18-19-8-12-36-13-9-19)7-5-23-26(11-15-37-29(23)30)44-27-6-4-22(17-25(27)35)39-32(41)31(40)38-14-10-20-2-3-21(33)16-24(20)34/h2-7,11,15-17,19,36H,8-10,12-14,18H2,1H3,(H,38,40)(H,39,41). The number of amides is 2. The summed E-state index contributed by atoms with van der Waals surface area (Å²) in [7, 11) is 1.55. The van der Waals surface area contributed by atoms with E-state index in [0.29, 0.717) is 57.1 Å². The lowest BCUT2D eigenvalue weighted by Gasteiger charge is -2.23. The number of rotatable bonds is 10. The zero-order chi connectivity index (χ0) is 31.1. The first-order chi connectivity index (χ1) is 21.3. The number of carbonyl (C=O) groups is 2. The summed E-state index contributed by atoms with van der Waals surface area (Å²) < 4.78 is 32.7. The highest BCUT2D eigenvalue weighted by molar-refractivity contribution is 6.39. The van der Waals surface area contributed by atoms with Gasteiger partial charge in [0, 0.05) is 39.9 Å². The summed E-state index contributed by atoms with van der Waals surface area (Å²) in [5, 5.41) is 9.83. The molecule has 44 heavy (non-hydrogen) atoms. The molecule has 0 spiro atoms. The van der Waals surface area contributed by atoms with Crippen molar-refractivity contribution >= 4 is 51.6 Å². The second kappa shape index (κ2) is 14.6. The average Bonchev–Trinajstić information content (AvgIpc) is 3.02. The summed E-state index contributed by atoms with van der Waals surface area (Å²) in [6.45, 7) is 2.71. The number of halogens is 3. The van der Waals surface area contributed by atoms with Crippen LogP contribution >= 0.6 is 23.2 Å². The van der Waals surface area contributed by atoms with E-state index >= 15 is 4.39 Å². The van der Waals surface area contributed by atoms with Gasteiger partial charge < -0.3 is 30.2 Å². The lowest BCUT2D eigenvalue weighted by molar-refractivity contribution is -0.136. The van der Waals surface area contributed by atoms with E-state index in [4.69, 9.17) is 37.4 Å². The number of nitrogens with zero attached hydrogens (tertiary/aromatic N) is 1. The van der Waals surface area contributed by atoms with E-state index in [0.717, 1.165) is 37.6 Å². The first-order valence-corrected chi connectivity index (χ1v) is 14.9. The molecule has 0 atom stereocenters. The largest absolute Gasteiger partial charge is 0.491 e. The summed E-state index contributed by atoms with van der Waals surface area (Å²) >= 11 is 12.0. The quantitative estimate of drug-likeness (QED) is 0.178. The molecule has 2 heterocycles. The fourth-order valence-electron chi connectivity index (χ4n) is 4.89. The van der Waals surface area contributed by atoms with Gasteiger partial charge in [0.05, 0.1) is 13.7 Å². The molecule has 9 nitrogen and oxygen atoms in total. The molecule has 0 saturated carbocycles. The summed E-state index contributed by atoms with van der Waals surface area (Å²) in [6.07, 6.45) is 4.04. The van der Waals surface area contributed by atoms with E-state index in [9.17, 15) is 9.59 Å². The lowest BCUT2D eigenvalue weighted by Crippen LogP contribution is -2.36. The average molecular weight is 642 g/mol. The predicted octanol–water partition coefficient (Wildman–Crippen LogP) is 6.16. The van der Waals surface area contributed by atoms with E-state index in [1.165, 1.54) is 12.1 Å². The zero-order valence-electron chi connectivity index (χ0n) is 23.9. The van der Waals surface area contributed by atoms with Gasteiger partial charge in [-0.1, -0.05) is 29.3 Å². The minimum Gasteiger partial charge on any atom is -0.491 e. The molecule has 12 heteroatoms. The molecule has 0 aliphatic carbocycles. The normalized spacial score (nSPS) is 13.4. The van der Waals surface area contributed by atoms with Gasteiger partial charge in [-0.15, -0.1) is 0 Å². The van der Waals surface area contributed by atoms with Crippen LogP contribution < -0.4 is 30.2 Å². The highest BCUT2D eigenvalue weighted by Gasteiger charge is 2.19. The number of nitrogens with one attached hydrogen (secondary N) is 3. The molecular formula is C32H31Cl2FN4O5. The molecule has 1 aliphatic rings. The topological polar surface area (TPSA) is 111 Å². The smallest absolute Gasteiger partial charge is 0.313 e. The van der Waals surface area contributed by atoms with E-state index in [-0.39, 0.29) is 18.0 Å². The maximum absolute atomic E-state index is 15.1. The third kappa shape index (κ3) is 7.68. The molecule has 0 radical (unpaired) electrons. The highest BCUT2D eigenvalue weighted by atomic mass is 35.5. The van der Waals surface area contributed by atoms with Crippen LogP contribution in [-0.4, -0.2) is 50.1 Å². The van der Waals surface area contributed by atoms with Crippen molar-refractivity contribution in [2.24, 2.45) is 5.92 Å². The number of anilines is 1. The Labute approximate surface area is 264 Å². The van der Waals surface area contributed by atoms with E-state index in [1.807, 2.05) is 0 Å². The van der Waals surface area contributed by atoms with E-state index in [1.54, 1.807) is 49.7 Å². The van der Waals surface area contributed by atoms with Crippen molar-refractivity contribution < 1.29 is 28.2 Å². The van der Waals surface area contributed by atoms with Gasteiger partial charge in [0.2, 0.25) is 0 Å². The monoisotopic (exact) mass is 640 g/mol. The van der Waals surface area contributed by atoms with E-state index < -0.39 is 17.6 Å². The minimum absolute atomic E-state index is 0.0787. The molecule has 1 fully saturated rings. The molecule has 1 aliphatic heterocycles. The number of fused-ring (bicyclic) bond motifs is 1. The van der Waals surface area contributed by atoms with Gasteiger partial charge in [0.25, 0.3) is 0 Å². The van der Waals surface area contributed by atoms with Crippen LogP contribution in [0.4, 0.5) is 10.1 Å².